The molecule has 1 aliphatic carbocycles. The number of rotatable bonds is 2. The molecular weight excluding hydrogens is 200 g/mol. The molecule has 0 spiro atoms. The van der Waals surface area contributed by atoms with Gasteiger partial charge in [0.15, 0.2) is 5.03 Å². The van der Waals surface area contributed by atoms with Gasteiger partial charge in [0.25, 0.3) is 0 Å². The SMILES string of the molecule is C=CS(=O)(=O)c1ncnc2c1CCC2. The molecule has 5 heteroatoms. The van der Waals surface area contributed by atoms with Crippen LogP contribution in [0.5, 0.6) is 0 Å². The number of hydrogen-bond donors (Lipinski definition) is 0. The van der Waals surface area contributed by atoms with Gasteiger partial charge in [-0.15, -0.1) is 0 Å². The molecule has 0 saturated heterocycles. The van der Waals surface area contributed by atoms with E-state index in [2.05, 4.69) is 16.5 Å². The summed E-state index contributed by atoms with van der Waals surface area (Å²) in [6, 6.07) is 0. The molecule has 74 valence electrons. The third kappa shape index (κ3) is 1.33. The molecule has 1 aromatic heterocycles. The maximum Gasteiger partial charge on any atom is 0.216 e. The molecule has 0 radical (unpaired) electrons. The molecule has 0 unspecified atom stereocenters. The highest BCUT2D eigenvalue weighted by atomic mass is 32.2. The Labute approximate surface area is 82.6 Å². The lowest BCUT2D eigenvalue weighted by Crippen LogP contribution is -2.05. The van der Waals surface area contributed by atoms with E-state index in [9.17, 15) is 8.42 Å². The fourth-order valence-electron chi connectivity index (χ4n) is 1.65. The summed E-state index contributed by atoms with van der Waals surface area (Å²) in [6.45, 7) is 3.29. The van der Waals surface area contributed by atoms with Gasteiger partial charge in [0.05, 0.1) is 0 Å². The number of fused-ring (bicyclic) bond motifs is 1. The van der Waals surface area contributed by atoms with Crippen molar-refractivity contribution in [3.8, 4) is 0 Å². The maximum absolute atomic E-state index is 11.6. The molecule has 0 N–H and O–H groups in total. The maximum atomic E-state index is 11.6. The molecule has 0 aromatic carbocycles. The minimum atomic E-state index is -3.41. The second kappa shape index (κ2) is 3.16. The Morgan fingerprint density at radius 2 is 2.14 bits per heavy atom. The van der Waals surface area contributed by atoms with Gasteiger partial charge >= 0.3 is 0 Å². The van der Waals surface area contributed by atoms with Crippen molar-refractivity contribution >= 4 is 9.84 Å². The number of aryl methyl sites for hydroxylation is 1. The molecule has 0 saturated carbocycles. The summed E-state index contributed by atoms with van der Waals surface area (Å²) in [6.07, 6.45) is 3.85. The van der Waals surface area contributed by atoms with Crippen LogP contribution in [0.25, 0.3) is 0 Å². The van der Waals surface area contributed by atoms with E-state index in [1.807, 2.05) is 0 Å². The van der Waals surface area contributed by atoms with Gasteiger partial charge < -0.3 is 0 Å². The van der Waals surface area contributed by atoms with Gasteiger partial charge in [-0.2, -0.15) is 0 Å². The van der Waals surface area contributed by atoms with Crippen molar-refractivity contribution in [3.63, 3.8) is 0 Å². The summed E-state index contributed by atoms with van der Waals surface area (Å²) in [5.74, 6) is 0. The smallest absolute Gasteiger partial charge is 0.216 e. The van der Waals surface area contributed by atoms with Crippen LogP contribution in [0.2, 0.25) is 0 Å². The summed E-state index contributed by atoms with van der Waals surface area (Å²) in [7, 11) is -3.41. The molecule has 2 rings (SSSR count). The van der Waals surface area contributed by atoms with Crippen LogP contribution in [0.1, 0.15) is 17.7 Å². The van der Waals surface area contributed by atoms with Crippen molar-refractivity contribution in [2.24, 2.45) is 0 Å². The van der Waals surface area contributed by atoms with Crippen molar-refractivity contribution < 1.29 is 8.42 Å². The van der Waals surface area contributed by atoms with Crippen molar-refractivity contribution in [1.82, 2.24) is 9.97 Å². The Bertz CT molecular complexity index is 480. The fraction of sp³-hybridized carbons (Fsp3) is 0.333. The molecule has 0 aliphatic heterocycles. The summed E-state index contributed by atoms with van der Waals surface area (Å²) >= 11 is 0. The highest BCUT2D eigenvalue weighted by Crippen LogP contribution is 2.25. The summed E-state index contributed by atoms with van der Waals surface area (Å²) in [5.41, 5.74) is 1.63. The van der Waals surface area contributed by atoms with Crippen molar-refractivity contribution in [3.05, 3.63) is 29.6 Å². The van der Waals surface area contributed by atoms with Gasteiger partial charge in [0.1, 0.15) is 6.33 Å². The average Bonchev–Trinajstić information content (AvgIpc) is 2.64. The van der Waals surface area contributed by atoms with E-state index in [0.717, 1.165) is 35.9 Å². The Balaban J connectivity index is 2.67. The number of hydrogen-bond acceptors (Lipinski definition) is 4. The summed E-state index contributed by atoms with van der Waals surface area (Å²) in [4.78, 5) is 7.88. The third-order valence-electron chi connectivity index (χ3n) is 2.32. The van der Waals surface area contributed by atoms with Gasteiger partial charge in [-0.25, -0.2) is 18.4 Å². The summed E-state index contributed by atoms with van der Waals surface area (Å²) in [5, 5.41) is 1.07. The van der Waals surface area contributed by atoms with E-state index >= 15 is 0 Å². The zero-order chi connectivity index (χ0) is 10.2. The Kier molecular flexibility index (Phi) is 2.11. The first-order chi connectivity index (χ1) is 6.65. The predicted octanol–water partition coefficient (Wildman–Crippen LogP) is 0.882. The lowest BCUT2D eigenvalue weighted by Gasteiger charge is -2.03. The Hall–Kier alpha value is -1.23. The van der Waals surface area contributed by atoms with E-state index in [-0.39, 0.29) is 5.03 Å². The van der Waals surface area contributed by atoms with E-state index in [0.29, 0.717) is 0 Å². The second-order valence-electron chi connectivity index (χ2n) is 3.17. The molecule has 4 nitrogen and oxygen atoms in total. The minimum Gasteiger partial charge on any atom is -0.241 e. The normalized spacial score (nSPS) is 15.1. The molecular formula is C9H10N2O2S. The van der Waals surface area contributed by atoms with Gasteiger partial charge in [-0.05, 0) is 19.3 Å². The lowest BCUT2D eigenvalue weighted by molar-refractivity contribution is 0.599. The zero-order valence-corrected chi connectivity index (χ0v) is 8.42. The molecule has 14 heavy (non-hydrogen) atoms. The molecule has 0 amide bonds. The minimum absolute atomic E-state index is 0.134. The van der Waals surface area contributed by atoms with Crippen LogP contribution in [0.3, 0.4) is 0 Å². The van der Waals surface area contributed by atoms with Gasteiger partial charge in [0.2, 0.25) is 9.84 Å². The van der Waals surface area contributed by atoms with Crippen molar-refractivity contribution in [1.29, 1.82) is 0 Å². The largest absolute Gasteiger partial charge is 0.241 e. The number of aromatic nitrogens is 2. The van der Waals surface area contributed by atoms with Crippen LogP contribution in [-0.2, 0) is 22.7 Å². The lowest BCUT2D eigenvalue weighted by atomic mass is 10.3. The summed E-state index contributed by atoms with van der Waals surface area (Å²) < 4.78 is 23.1. The second-order valence-corrected chi connectivity index (χ2v) is 4.98. The topological polar surface area (TPSA) is 59.9 Å². The van der Waals surface area contributed by atoms with Gasteiger partial charge in [0, 0.05) is 16.7 Å². The third-order valence-corrected chi connectivity index (χ3v) is 3.65. The highest BCUT2D eigenvalue weighted by Gasteiger charge is 2.23. The van der Waals surface area contributed by atoms with Crippen LogP contribution in [0, 0.1) is 0 Å². The Morgan fingerprint density at radius 1 is 1.36 bits per heavy atom. The molecule has 0 fully saturated rings. The average molecular weight is 210 g/mol. The zero-order valence-electron chi connectivity index (χ0n) is 7.60. The first-order valence-corrected chi connectivity index (χ1v) is 5.90. The van der Waals surface area contributed by atoms with Crippen LogP contribution in [-0.4, -0.2) is 18.4 Å². The quantitative estimate of drug-likeness (QED) is 0.680. The first-order valence-electron chi connectivity index (χ1n) is 4.35. The standard InChI is InChI=1S/C9H10N2O2S/c1-2-14(12,13)9-7-4-3-5-8(7)10-6-11-9/h2,6H,1,3-5H2. The monoisotopic (exact) mass is 210 g/mol. The van der Waals surface area contributed by atoms with Crippen LogP contribution in [0.4, 0.5) is 0 Å². The Morgan fingerprint density at radius 3 is 2.86 bits per heavy atom. The molecule has 1 aliphatic rings. The van der Waals surface area contributed by atoms with E-state index in [1.165, 1.54) is 6.33 Å². The van der Waals surface area contributed by atoms with Crippen molar-refractivity contribution in [2.45, 2.75) is 24.3 Å². The van der Waals surface area contributed by atoms with Gasteiger partial charge in [-0.1, -0.05) is 6.58 Å². The molecule has 0 atom stereocenters. The van der Waals surface area contributed by atoms with Crippen LogP contribution >= 0.6 is 0 Å². The van der Waals surface area contributed by atoms with E-state index < -0.39 is 9.84 Å². The molecule has 0 bridgehead atoms. The fourth-order valence-corrected chi connectivity index (χ4v) is 2.57. The predicted molar refractivity (Wildman–Crippen MR) is 51.4 cm³/mol. The number of nitrogens with zero attached hydrogens (tertiary/aromatic N) is 2. The van der Waals surface area contributed by atoms with E-state index in [1.54, 1.807) is 0 Å². The van der Waals surface area contributed by atoms with Crippen LogP contribution in [0.15, 0.2) is 23.3 Å². The molecule has 1 aromatic rings. The van der Waals surface area contributed by atoms with Crippen LogP contribution < -0.4 is 0 Å². The number of sulfone groups is 1. The van der Waals surface area contributed by atoms with Crippen molar-refractivity contribution in [2.75, 3.05) is 0 Å². The molecule has 1 heterocycles. The van der Waals surface area contributed by atoms with Gasteiger partial charge in [-0.3, -0.25) is 0 Å². The highest BCUT2D eigenvalue weighted by molar-refractivity contribution is 7.94. The first kappa shape index (κ1) is 9.33. The van der Waals surface area contributed by atoms with E-state index in [4.69, 9.17) is 0 Å².